The second-order valence-corrected chi connectivity index (χ2v) is 7.73. The minimum absolute atomic E-state index is 0.0110. The highest BCUT2D eigenvalue weighted by Gasteiger charge is 2.50. The first-order valence-corrected chi connectivity index (χ1v) is 8.23. The van der Waals surface area contributed by atoms with E-state index in [-0.39, 0.29) is 17.5 Å². The highest BCUT2D eigenvalue weighted by molar-refractivity contribution is 6.46. The van der Waals surface area contributed by atoms with Crippen molar-refractivity contribution in [2.45, 2.75) is 52.1 Å². The van der Waals surface area contributed by atoms with Crippen molar-refractivity contribution in [3.8, 4) is 0 Å². The van der Waals surface area contributed by atoms with E-state index in [4.69, 9.17) is 4.52 Å². The Morgan fingerprint density at radius 1 is 1.24 bits per heavy atom. The zero-order valence-electron chi connectivity index (χ0n) is 14.5. The summed E-state index contributed by atoms with van der Waals surface area (Å²) in [4.78, 5) is 21.0. The Morgan fingerprint density at radius 3 is 2.36 bits per heavy atom. The van der Waals surface area contributed by atoms with Crippen LogP contribution in [0.15, 0.2) is 21.3 Å². The molecule has 0 amide bonds. The number of alkyl halides is 3. The third-order valence-corrected chi connectivity index (χ3v) is 4.58. The number of hydrogen-bond acceptors (Lipinski definition) is 5. The van der Waals surface area contributed by atoms with Gasteiger partial charge in [0.25, 0.3) is 5.89 Å². The van der Waals surface area contributed by atoms with Gasteiger partial charge in [0.1, 0.15) is 0 Å². The predicted octanol–water partition coefficient (Wildman–Crippen LogP) is 3.85. The van der Waals surface area contributed by atoms with Gasteiger partial charge >= 0.3 is 6.18 Å². The first kappa shape index (κ1) is 17.8. The van der Waals surface area contributed by atoms with Crippen molar-refractivity contribution >= 4 is 11.5 Å². The number of nitrogens with zero attached hydrogens (tertiary/aromatic N) is 3. The number of allylic oxidation sites excluding steroid dienone is 1. The molecule has 2 aliphatic rings. The Hall–Kier alpha value is -1.99. The smallest absolute Gasteiger partial charge is 0.332 e. The lowest BCUT2D eigenvalue weighted by Crippen LogP contribution is -2.39. The summed E-state index contributed by atoms with van der Waals surface area (Å²) in [5.74, 6) is -3.50. The number of ketones is 1. The van der Waals surface area contributed by atoms with Crippen LogP contribution >= 0.6 is 0 Å². The molecule has 1 aliphatic heterocycles. The number of rotatable bonds is 3. The van der Waals surface area contributed by atoms with Gasteiger partial charge in [-0.25, -0.2) is 4.99 Å². The number of aromatic nitrogens is 2. The topological polar surface area (TPSA) is 68.3 Å². The van der Waals surface area contributed by atoms with E-state index < -0.39 is 29.2 Å². The molecular weight excluding hydrogens is 335 g/mol. The summed E-state index contributed by atoms with van der Waals surface area (Å²) in [6.07, 6.45) is -1.50. The summed E-state index contributed by atoms with van der Waals surface area (Å²) in [7, 11) is 0. The van der Waals surface area contributed by atoms with Gasteiger partial charge in [-0.15, -0.1) is 0 Å². The average Bonchev–Trinajstić information content (AvgIpc) is 3.20. The number of aliphatic imine (C=N–C) groups is 1. The Balaban J connectivity index is 1.99. The van der Waals surface area contributed by atoms with Crippen molar-refractivity contribution in [1.29, 1.82) is 0 Å². The quantitative estimate of drug-likeness (QED) is 0.826. The van der Waals surface area contributed by atoms with Crippen molar-refractivity contribution in [2.24, 2.45) is 22.7 Å². The summed E-state index contributed by atoms with van der Waals surface area (Å²) in [5, 5.41) is 3.82. The van der Waals surface area contributed by atoms with Crippen LogP contribution in [0.1, 0.15) is 52.3 Å². The lowest BCUT2D eigenvalue weighted by molar-refractivity contribution is -0.181. The fourth-order valence-corrected chi connectivity index (χ4v) is 2.85. The zero-order valence-corrected chi connectivity index (χ0v) is 14.5. The van der Waals surface area contributed by atoms with Crippen molar-refractivity contribution in [2.75, 3.05) is 0 Å². The highest BCUT2D eigenvalue weighted by Crippen LogP contribution is 2.47. The highest BCUT2D eigenvalue weighted by atomic mass is 19.4. The molecule has 0 bridgehead atoms. The Labute approximate surface area is 143 Å². The number of Topliss-reactive ketones (excluding diaryl/α,β-unsaturated/α-hetero) is 1. The second kappa shape index (κ2) is 5.78. The molecule has 2 heterocycles. The molecule has 1 unspecified atom stereocenters. The molecular formula is C17H20F3N3O2. The molecule has 8 heteroatoms. The Bertz CT molecular complexity index is 752. The van der Waals surface area contributed by atoms with Crippen LogP contribution < -0.4 is 0 Å². The van der Waals surface area contributed by atoms with Crippen LogP contribution in [0.4, 0.5) is 13.2 Å². The molecule has 25 heavy (non-hydrogen) atoms. The van der Waals surface area contributed by atoms with E-state index in [1.807, 2.05) is 20.8 Å². The molecule has 0 aromatic carbocycles. The van der Waals surface area contributed by atoms with Crippen LogP contribution in [-0.4, -0.2) is 27.8 Å². The molecule has 1 aromatic heterocycles. The van der Waals surface area contributed by atoms with Crippen LogP contribution in [0.3, 0.4) is 0 Å². The monoisotopic (exact) mass is 355 g/mol. The van der Waals surface area contributed by atoms with Gasteiger partial charge in [-0.3, -0.25) is 4.79 Å². The maximum atomic E-state index is 13.3. The van der Waals surface area contributed by atoms with Gasteiger partial charge in [0.05, 0.1) is 11.8 Å². The van der Waals surface area contributed by atoms with E-state index in [9.17, 15) is 18.0 Å². The first-order valence-electron chi connectivity index (χ1n) is 8.23. The molecule has 1 fully saturated rings. The maximum absolute atomic E-state index is 13.3. The number of hydrogen-bond donors (Lipinski definition) is 0. The number of carbonyl (C=O) groups excluding carboxylic acids is 1. The summed E-state index contributed by atoms with van der Waals surface area (Å²) < 4.78 is 45.0. The van der Waals surface area contributed by atoms with E-state index in [2.05, 4.69) is 15.1 Å². The predicted molar refractivity (Wildman–Crippen MR) is 84.1 cm³/mol. The number of carbonyl (C=O) groups is 1. The van der Waals surface area contributed by atoms with E-state index in [1.165, 1.54) is 6.20 Å². The molecule has 0 N–H and O–H groups in total. The van der Waals surface area contributed by atoms with Gasteiger partial charge in [-0.1, -0.05) is 32.9 Å². The molecule has 136 valence electrons. The molecule has 0 saturated heterocycles. The van der Waals surface area contributed by atoms with Crippen LogP contribution in [0.5, 0.6) is 0 Å². The summed E-state index contributed by atoms with van der Waals surface area (Å²) >= 11 is 0. The van der Waals surface area contributed by atoms with Crippen LogP contribution in [0.2, 0.25) is 0 Å². The zero-order chi connectivity index (χ0) is 18.6. The van der Waals surface area contributed by atoms with Crippen molar-refractivity contribution in [1.82, 2.24) is 10.1 Å². The summed E-state index contributed by atoms with van der Waals surface area (Å²) in [5.41, 5.74) is -0.129. The molecule has 5 nitrogen and oxygen atoms in total. The van der Waals surface area contributed by atoms with Crippen molar-refractivity contribution in [3.05, 3.63) is 23.5 Å². The van der Waals surface area contributed by atoms with Gasteiger partial charge in [0.15, 0.2) is 17.3 Å². The van der Waals surface area contributed by atoms with Crippen LogP contribution in [-0.2, 0) is 10.2 Å². The van der Waals surface area contributed by atoms with Gasteiger partial charge < -0.3 is 4.52 Å². The molecule has 0 spiro atoms. The van der Waals surface area contributed by atoms with Crippen molar-refractivity contribution in [3.63, 3.8) is 0 Å². The largest absolute Gasteiger partial charge is 0.392 e. The van der Waals surface area contributed by atoms with E-state index >= 15 is 0 Å². The molecule has 1 aromatic rings. The average molecular weight is 355 g/mol. The summed E-state index contributed by atoms with van der Waals surface area (Å²) in [6.45, 7) is 6.64. The molecule has 2 atom stereocenters. The number of halogens is 3. The third kappa shape index (κ3) is 3.39. The second-order valence-electron chi connectivity index (χ2n) is 7.73. The lowest BCUT2D eigenvalue weighted by Gasteiger charge is -2.28. The van der Waals surface area contributed by atoms with Crippen molar-refractivity contribution < 1.29 is 22.5 Å². The van der Waals surface area contributed by atoms with E-state index in [0.29, 0.717) is 11.4 Å². The third-order valence-electron chi connectivity index (χ3n) is 4.58. The van der Waals surface area contributed by atoms with Gasteiger partial charge in [0, 0.05) is 11.6 Å². The fraction of sp³-hybridized carbons (Fsp3) is 0.647. The normalized spacial score (nSPS) is 23.3. The van der Waals surface area contributed by atoms with Crippen LogP contribution in [0.25, 0.3) is 0 Å². The van der Waals surface area contributed by atoms with Crippen LogP contribution in [0, 0.1) is 17.8 Å². The minimum atomic E-state index is -4.47. The first-order chi connectivity index (χ1) is 11.5. The molecule has 3 rings (SSSR count). The van der Waals surface area contributed by atoms with E-state index in [0.717, 1.165) is 19.8 Å². The summed E-state index contributed by atoms with van der Waals surface area (Å²) in [6, 6.07) is 0. The maximum Gasteiger partial charge on any atom is 0.392 e. The lowest BCUT2D eigenvalue weighted by atomic mass is 9.78. The Kier molecular flexibility index (Phi) is 4.12. The van der Waals surface area contributed by atoms with Gasteiger partial charge in [-0.2, -0.15) is 18.2 Å². The fourth-order valence-electron chi connectivity index (χ4n) is 2.85. The Morgan fingerprint density at radius 2 is 1.88 bits per heavy atom. The van der Waals surface area contributed by atoms with Gasteiger partial charge in [0.2, 0.25) is 0 Å². The molecule has 0 radical (unpaired) electrons. The van der Waals surface area contributed by atoms with Gasteiger partial charge in [-0.05, 0) is 24.3 Å². The standard InChI is InChI=1S/C17H20F3N3O2/c1-8(17(18,19)20)11-10(9-5-6-9)7-21-12(13(11)24)14-22-15(23-25-14)16(2,3)4/h7-9,11H,5-6H2,1-4H3/t8-,11?/m1/s1. The SMILES string of the molecule is C[C@H](C1C(=O)C(c2nc(C(C)(C)C)no2)=NC=C1C1CC1)C(F)(F)F. The molecule has 1 saturated carbocycles. The molecule has 1 aliphatic carbocycles. The minimum Gasteiger partial charge on any atom is -0.332 e. The van der Waals surface area contributed by atoms with E-state index in [1.54, 1.807) is 0 Å².